The van der Waals surface area contributed by atoms with Crippen LogP contribution in [0.25, 0.3) is 0 Å². The molecule has 1 unspecified atom stereocenters. The highest BCUT2D eigenvalue weighted by Gasteiger charge is 2.10. The van der Waals surface area contributed by atoms with Gasteiger partial charge in [0.05, 0.1) is 4.90 Å². The summed E-state index contributed by atoms with van der Waals surface area (Å²) in [5.41, 5.74) is 1.48. The first-order valence-electron chi connectivity index (χ1n) is 4.11. The van der Waals surface area contributed by atoms with Crippen molar-refractivity contribution in [3.63, 3.8) is 0 Å². The van der Waals surface area contributed by atoms with Crippen molar-refractivity contribution < 1.29 is 8.76 Å². The number of nitrogens with one attached hydrogen (secondary N) is 1. The highest BCUT2D eigenvalue weighted by atomic mass is 32.2. The van der Waals surface area contributed by atoms with Crippen LogP contribution >= 0.6 is 0 Å². The molecule has 0 radical (unpaired) electrons. The van der Waals surface area contributed by atoms with Crippen LogP contribution in [0.4, 0.5) is 5.69 Å². The normalized spacial score (nSPS) is 14.9. The fraction of sp³-hybridized carbons (Fsp3) is 0.333. The number of aryl methyl sites for hydroxylation is 1. The molecule has 0 aliphatic heterocycles. The average Bonchev–Trinajstić information content (AvgIpc) is 2.02. The zero-order valence-electron chi connectivity index (χ0n) is 8.44. The Morgan fingerprint density at radius 3 is 2.43 bits per heavy atom. The molecule has 0 amide bonds. The second kappa shape index (κ2) is 3.59. The van der Waals surface area contributed by atoms with E-state index in [9.17, 15) is 4.21 Å². The van der Waals surface area contributed by atoms with Crippen LogP contribution in [0.2, 0.25) is 0 Å². The number of benzene rings is 1. The van der Waals surface area contributed by atoms with E-state index in [0.29, 0.717) is 5.56 Å². The molecule has 0 saturated carbocycles. The molecule has 78 valence electrons. The predicted molar refractivity (Wildman–Crippen MR) is 57.3 cm³/mol. The van der Waals surface area contributed by atoms with Gasteiger partial charge in [0, 0.05) is 19.8 Å². The molecule has 0 spiro atoms. The predicted octanol–water partition coefficient (Wildman–Crippen LogP) is 1.94. The molecule has 0 fully saturated rings. The van der Waals surface area contributed by atoms with Crippen molar-refractivity contribution in [1.82, 2.24) is 0 Å². The van der Waals surface area contributed by atoms with Crippen LogP contribution in [-0.2, 0) is 10.0 Å². The summed E-state index contributed by atoms with van der Waals surface area (Å²) >= 11 is 0. The Balaban J connectivity index is 3.37. The maximum absolute atomic E-state index is 11.2. The summed E-state index contributed by atoms with van der Waals surface area (Å²) in [5, 5.41) is 0. The number of hydrogen-bond donors (Lipinski definition) is 2. The minimum atomic E-state index is -3.62. The van der Waals surface area contributed by atoms with Gasteiger partial charge in [0.25, 0.3) is 0 Å². The summed E-state index contributed by atoms with van der Waals surface area (Å²) in [4.78, 5) is 2.01. The van der Waals surface area contributed by atoms with Crippen molar-refractivity contribution in [2.75, 3.05) is 19.0 Å². The van der Waals surface area contributed by atoms with Crippen LogP contribution in [0.1, 0.15) is 5.56 Å². The summed E-state index contributed by atoms with van der Waals surface area (Å²) in [7, 11) is 0.0735. The minimum Gasteiger partial charge on any atom is -0.378 e. The monoisotopic (exact) mass is 214 g/mol. The highest BCUT2D eigenvalue weighted by Crippen LogP contribution is 2.21. The molecule has 0 bridgehead atoms. The molecule has 1 aromatic rings. The van der Waals surface area contributed by atoms with Gasteiger partial charge >= 0.3 is 0 Å². The molecule has 1 aromatic carbocycles. The second-order valence-corrected chi connectivity index (χ2v) is 4.86. The van der Waals surface area contributed by atoms with E-state index in [2.05, 4.69) is 0 Å². The van der Waals surface area contributed by atoms with Gasteiger partial charge in [0.15, 0.2) is 10.0 Å². The smallest absolute Gasteiger partial charge is 0.188 e. The van der Waals surface area contributed by atoms with E-state index in [1.54, 1.807) is 19.1 Å². The number of hydrogen-bond acceptors (Lipinski definition) is 3. The average molecular weight is 214 g/mol. The molecular weight excluding hydrogens is 200 g/mol. The summed E-state index contributed by atoms with van der Waals surface area (Å²) in [5.74, 6) is 0. The van der Waals surface area contributed by atoms with Gasteiger partial charge in [-0.15, -0.1) is 0 Å². The van der Waals surface area contributed by atoms with Crippen molar-refractivity contribution in [1.29, 1.82) is 4.78 Å². The largest absolute Gasteiger partial charge is 0.378 e. The third kappa shape index (κ3) is 2.24. The lowest BCUT2D eigenvalue weighted by Gasteiger charge is -2.14. The molecule has 0 aromatic heterocycles. The second-order valence-electron chi connectivity index (χ2n) is 3.37. The topological polar surface area (TPSA) is 64.4 Å². The van der Waals surface area contributed by atoms with Crippen molar-refractivity contribution >= 4 is 15.7 Å². The van der Waals surface area contributed by atoms with Crippen molar-refractivity contribution in [3.05, 3.63) is 23.8 Å². The summed E-state index contributed by atoms with van der Waals surface area (Å²) in [6.45, 7) is 1.72. The Labute approximate surface area is 84.4 Å². The van der Waals surface area contributed by atoms with Gasteiger partial charge < -0.3 is 4.90 Å². The maximum atomic E-state index is 11.2. The molecule has 2 N–H and O–H groups in total. The molecular formula is C9H14N2O2S. The van der Waals surface area contributed by atoms with Gasteiger partial charge in [0.2, 0.25) is 0 Å². The first-order chi connectivity index (χ1) is 6.32. The van der Waals surface area contributed by atoms with Crippen LogP contribution in [-0.4, -0.2) is 22.9 Å². The molecule has 0 aliphatic rings. The van der Waals surface area contributed by atoms with Crippen LogP contribution in [0.5, 0.6) is 0 Å². The molecule has 4 nitrogen and oxygen atoms in total. The van der Waals surface area contributed by atoms with E-state index in [1.807, 2.05) is 25.1 Å². The molecule has 14 heavy (non-hydrogen) atoms. The summed E-state index contributed by atoms with van der Waals surface area (Å²) in [6, 6.07) is 5.17. The van der Waals surface area contributed by atoms with Gasteiger partial charge in [-0.1, -0.05) is 6.07 Å². The lowest BCUT2D eigenvalue weighted by Crippen LogP contribution is -2.10. The molecule has 0 aliphatic carbocycles. The Hall–Kier alpha value is -1.07. The summed E-state index contributed by atoms with van der Waals surface area (Å²) < 4.78 is 27.5. The Kier molecular flexibility index (Phi) is 2.82. The van der Waals surface area contributed by atoms with E-state index in [1.165, 1.54) is 0 Å². The lowest BCUT2D eigenvalue weighted by atomic mass is 10.2. The number of nitrogens with zero attached hydrogens (tertiary/aromatic N) is 1. The third-order valence-corrected chi connectivity index (χ3v) is 3.02. The number of anilines is 1. The SMILES string of the molecule is Cc1ccc(N(C)C)cc1S(=N)(=O)O. The van der Waals surface area contributed by atoms with Crippen molar-refractivity contribution in [2.24, 2.45) is 0 Å². The van der Waals surface area contributed by atoms with Crippen LogP contribution in [0.15, 0.2) is 23.1 Å². The molecule has 1 atom stereocenters. The van der Waals surface area contributed by atoms with E-state index < -0.39 is 10.0 Å². The van der Waals surface area contributed by atoms with Gasteiger partial charge in [-0.05, 0) is 24.6 Å². The van der Waals surface area contributed by atoms with E-state index in [0.717, 1.165) is 5.69 Å². The third-order valence-electron chi connectivity index (χ3n) is 1.99. The molecule has 0 saturated heterocycles. The molecule has 0 heterocycles. The fourth-order valence-electron chi connectivity index (χ4n) is 1.17. The summed E-state index contributed by atoms with van der Waals surface area (Å²) in [6.07, 6.45) is 0. The van der Waals surface area contributed by atoms with Gasteiger partial charge in [-0.3, -0.25) is 4.55 Å². The Morgan fingerprint density at radius 2 is 2.00 bits per heavy atom. The standard InChI is InChI=1S/C9H14N2O2S/c1-7-4-5-8(11(2)3)6-9(7)14(10,12)13/h4-6H,1-3H3,(H2,10,12,13). The molecule has 1 rings (SSSR count). The zero-order valence-corrected chi connectivity index (χ0v) is 9.26. The first-order valence-corrected chi connectivity index (χ1v) is 5.63. The first kappa shape index (κ1) is 11.0. The van der Waals surface area contributed by atoms with Gasteiger partial charge in [0.1, 0.15) is 0 Å². The van der Waals surface area contributed by atoms with E-state index in [-0.39, 0.29) is 4.90 Å². The quantitative estimate of drug-likeness (QED) is 0.790. The van der Waals surface area contributed by atoms with Gasteiger partial charge in [-0.25, -0.2) is 8.99 Å². The minimum absolute atomic E-state index is 0.184. The Bertz CT molecular complexity index is 438. The van der Waals surface area contributed by atoms with Crippen LogP contribution in [0, 0.1) is 11.7 Å². The zero-order chi connectivity index (χ0) is 10.9. The van der Waals surface area contributed by atoms with Gasteiger partial charge in [-0.2, -0.15) is 0 Å². The maximum Gasteiger partial charge on any atom is 0.188 e. The van der Waals surface area contributed by atoms with Crippen molar-refractivity contribution in [3.8, 4) is 0 Å². The van der Waals surface area contributed by atoms with Crippen LogP contribution in [0.3, 0.4) is 0 Å². The Morgan fingerprint density at radius 1 is 1.43 bits per heavy atom. The molecule has 5 heteroatoms. The lowest BCUT2D eigenvalue weighted by molar-refractivity contribution is 0.548. The van der Waals surface area contributed by atoms with Crippen LogP contribution < -0.4 is 4.90 Å². The van der Waals surface area contributed by atoms with E-state index in [4.69, 9.17) is 9.33 Å². The highest BCUT2D eigenvalue weighted by molar-refractivity contribution is 7.87. The van der Waals surface area contributed by atoms with Crippen molar-refractivity contribution in [2.45, 2.75) is 11.8 Å². The van der Waals surface area contributed by atoms with E-state index >= 15 is 0 Å². The number of rotatable bonds is 2. The fourth-order valence-corrected chi connectivity index (χ4v) is 1.95.